The van der Waals surface area contributed by atoms with Crippen LogP contribution in [0.5, 0.6) is 5.75 Å². The summed E-state index contributed by atoms with van der Waals surface area (Å²) in [5, 5.41) is 9.55. The zero-order valence-electron chi connectivity index (χ0n) is 31.1. The highest BCUT2D eigenvalue weighted by atomic mass is 32.2. The molecule has 6 rings (SSSR count). The molecule has 5 aliphatic rings. The number of amides is 4. The first-order chi connectivity index (χ1) is 25.1. The fourth-order valence-electron chi connectivity index (χ4n) is 7.78. The Morgan fingerprint density at radius 3 is 2.47 bits per heavy atom. The van der Waals surface area contributed by atoms with Crippen molar-refractivity contribution >= 4 is 39.5 Å². The van der Waals surface area contributed by atoms with Gasteiger partial charge in [0.05, 0.1) is 24.6 Å². The molecule has 5 atom stereocenters. The minimum atomic E-state index is -3.88. The van der Waals surface area contributed by atoms with Crippen molar-refractivity contribution in [2.24, 2.45) is 16.5 Å². The molecule has 3 N–H and O–H groups in total. The number of carbonyl (C=O) groups excluding carboxylic acids is 4. The van der Waals surface area contributed by atoms with Crippen LogP contribution >= 0.6 is 0 Å². The van der Waals surface area contributed by atoms with E-state index in [0.29, 0.717) is 25.7 Å². The van der Waals surface area contributed by atoms with Gasteiger partial charge in [0.15, 0.2) is 0 Å². The van der Waals surface area contributed by atoms with Gasteiger partial charge in [-0.25, -0.2) is 13.2 Å². The summed E-state index contributed by atoms with van der Waals surface area (Å²) < 4.78 is 38.7. The van der Waals surface area contributed by atoms with Crippen molar-refractivity contribution in [3.63, 3.8) is 0 Å². The number of aryl methyl sites for hydroxylation is 1. The summed E-state index contributed by atoms with van der Waals surface area (Å²) in [6.45, 7) is 9.20. The van der Waals surface area contributed by atoms with Gasteiger partial charge < -0.3 is 29.8 Å². The Labute approximate surface area is 311 Å². The monoisotopic (exact) mass is 755 g/mol. The van der Waals surface area contributed by atoms with Crippen LogP contribution in [0.25, 0.3) is 0 Å². The molecule has 290 valence electrons. The molecule has 15 heteroatoms. The zero-order valence-corrected chi connectivity index (χ0v) is 32.0. The van der Waals surface area contributed by atoms with Crippen molar-refractivity contribution < 1.29 is 41.9 Å². The molecule has 0 spiro atoms. The number of nitrogens with zero attached hydrogens (tertiary/aromatic N) is 2. The van der Waals surface area contributed by atoms with E-state index in [1.807, 2.05) is 39.0 Å². The number of rotatable bonds is 13. The highest BCUT2D eigenvalue weighted by Crippen LogP contribution is 2.47. The first-order valence-electron chi connectivity index (χ1n) is 18.8. The maximum atomic E-state index is 14.5. The van der Waals surface area contributed by atoms with E-state index in [2.05, 4.69) is 27.1 Å². The third kappa shape index (κ3) is 8.65. The molecule has 1 aliphatic heterocycles. The van der Waals surface area contributed by atoms with Crippen molar-refractivity contribution in [2.45, 2.75) is 133 Å². The average molecular weight is 756 g/mol. The number of benzene rings is 1. The van der Waals surface area contributed by atoms with E-state index in [1.54, 1.807) is 13.2 Å². The van der Waals surface area contributed by atoms with E-state index in [9.17, 15) is 27.6 Å². The minimum absolute atomic E-state index is 0.0134. The van der Waals surface area contributed by atoms with Gasteiger partial charge in [-0.2, -0.15) is 0 Å². The largest absolute Gasteiger partial charge is 0.497 e. The molecule has 0 aromatic heterocycles. The van der Waals surface area contributed by atoms with E-state index in [1.165, 1.54) is 4.90 Å². The lowest BCUT2D eigenvalue weighted by Gasteiger charge is -2.35. The van der Waals surface area contributed by atoms with Crippen LogP contribution in [0.1, 0.15) is 103 Å². The number of alkyl carbamates (subject to hydrolysis) is 1. The first kappa shape index (κ1) is 38.6. The lowest BCUT2D eigenvalue weighted by atomic mass is 9.85. The van der Waals surface area contributed by atoms with Gasteiger partial charge in [-0.1, -0.05) is 32.0 Å². The molecule has 14 nitrogen and oxygen atoms in total. The van der Waals surface area contributed by atoms with Crippen LogP contribution in [0.4, 0.5) is 4.79 Å². The summed E-state index contributed by atoms with van der Waals surface area (Å²) in [7, 11) is -2.26. The summed E-state index contributed by atoms with van der Waals surface area (Å²) in [4.78, 5) is 62.9. The van der Waals surface area contributed by atoms with E-state index in [0.717, 1.165) is 61.1 Å². The molecular formula is C38H53N5O9S. The number of fused-ring (bicyclic) bond motifs is 1. The molecule has 1 aromatic carbocycles. The van der Waals surface area contributed by atoms with Gasteiger partial charge in [-0.3, -0.25) is 19.1 Å². The minimum Gasteiger partial charge on any atom is -0.497 e. The highest BCUT2D eigenvalue weighted by molar-refractivity contribution is 7.91. The molecular weight excluding hydrogens is 703 g/mol. The normalized spacial score (nSPS) is 27.0. The van der Waals surface area contributed by atoms with Crippen LogP contribution in [0.15, 0.2) is 36.0 Å². The summed E-state index contributed by atoms with van der Waals surface area (Å²) >= 11 is 0. The third-order valence-corrected chi connectivity index (χ3v) is 12.9. The van der Waals surface area contributed by atoms with Gasteiger partial charge in [0.25, 0.3) is 5.91 Å². The Bertz CT molecular complexity index is 1750. The molecule has 0 unspecified atom stereocenters. The molecule has 1 saturated heterocycles. The second-order valence-corrected chi connectivity index (χ2v) is 18.2. The van der Waals surface area contributed by atoms with Crippen LogP contribution in [-0.2, 0) is 40.4 Å². The predicted molar refractivity (Wildman–Crippen MR) is 196 cm³/mol. The number of methoxy groups -OCH3 is 1. The smallest absolute Gasteiger partial charge is 0.408 e. The van der Waals surface area contributed by atoms with Gasteiger partial charge >= 0.3 is 6.09 Å². The Morgan fingerprint density at radius 2 is 1.81 bits per heavy atom. The fourth-order valence-corrected chi connectivity index (χ4v) is 9.14. The Hall–Kier alpha value is -4.14. The highest BCUT2D eigenvalue weighted by Gasteiger charge is 2.62. The number of hydrogen-bond acceptors (Lipinski definition) is 10. The van der Waals surface area contributed by atoms with Crippen molar-refractivity contribution in [1.82, 2.24) is 20.3 Å². The van der Waals surface area contributed by atoms with E-state index in [4.69, 9.17) is 14.3 Å². The molecule has 4 amide bonds. The molecule has 4 aliphatic carbocycles. The van der Waals surface area contributed by atoms with Crippen molar-refractivity contribution in [2.75, 3.05) is 13.7 Å². The van der Waals surface area contributed by atoms with Crippen LogP contribution < -0.4 is 20.1 Å². The van der Waals surface area contributed by atoms with E-state index in [-0.39, 0.29) is 31.4 Å². The third-order valence-electron chi connectivity index (χ3n) is 11.1. The molecule has 0 radical (unpaired) electrons. The van der Waals surface area contributed by atoms with Crippen LogP contribution in [0.3, 0.4) is 0 Å². The van der Waals surface area contributed by atoms with Gasteiger partial charge in [0, 0.05) is 12.0 Å². The van der Waals surface area contributed by atoms with Crippen molar-refractivity contribution in [3.8, 4) is 5.75 Å². The van der Waals surface area contributed by atoms with Crippen LogP contribution in [0.2, 0.25) is 0 Å². The Morgan fingerprint density at radius 1 is 1.08 bits per heavy atom. The first-order valence-corrected chi connectivity index (χ1v) is 20.4. The summed E-state index contributed by atoms with van der Waals surface area (Å²) in [5.74, 6) is -1.55. The molecule has 3 saturated carbocycles. The number of likely N-dealkylation sites (tertiary alicyclic amines) is 1. The molecule has 4 fully saturated rings. The van der Waals surface area contributed by atoms with E-state index >= 15 is 0 Å². The summed E-state index contributed by atoms with van der Waals surface area (Å²) in [6.07, 6.45) is 7.49. The van der Waals surface area contributed by atoms with Crippen LogP contribution in [-0.4, -0.2) is 91.6 Å². The summed E-state index contributed by atoms with van der Waals surface area (Å²) in [5.41, 5.74) is 0.531. The molecule has 1 aromatic rings. The number of ether oxygens (including phenoxy) is 2. The number of carbonyl (C=O) groups is 4. The maximum Gasteiger partial charge on any atom is 0.408 e. The second kappa shape index (κ2) is 15.3. The second-order valence-electron chi connectivity index (χ2n) is 16.2. The number of sulfonamides is 1. The quantitative estimate of drug-likeness (QED) is 0.199. The Balaban J connectivity index is 1.25. The summed E-state index contributed by atoms with van der Waals surface area (Å²) in [6, 6.07) is 3.63. The lowest BCUT2D eigenvalue weighted by Crippen LogP contribution is -2.60. The van der Waals surface area contributed by atoms with Gasteiger partial charge in [0.2, 0.25) is 21.8 Å². The van der Waals surface area contributed by atoms with Gasteiger partial charge in [-0.05, 0) is 106 Å². The number of allylic oxidation sites excluding steroid dienone is 1. The SMILES string of the molecule is C=CC[C@@H]1C[C@]1(NC(=O)[C@@H]1C[C@@H](O/N=C2\CCCc3cc(OC)ccc32)CN1C(=O)[C@@H](NC(=O)OC1CCCC1)C(C)(C)C)C(=O)NS(=O)(=O)C1CC1. The fraction of sp³-hybridized carbons (Fsp3) is 0.658. The van der Waals surface area contributed by atoms with Crippen molar-refractivity contribution in [3.05, 3.63) is 42.0 Å². The standard InChI is InChI=1S/C38H53N5O9S/c1-6-10-24-21-38(24,35(46)42-53(48,49)28-16-17-28)40-33(44)31-20-27(52-41-30-14-9-11-23-19-26(50-5)15-18-29(23)30)22-43(31)34(45)32(37(2,3)4)39-36(47)51-25-12-7-8-13-25/h6,15,18-19,24-25,27-28,31-32H,1,7-14,16-17,20-22H2,2-5H3,(H,39,47)(H,40,44)(H,42,46)/b41-30+/t24-,27-,31+,32-,38-/m1/s1. The topological polar surface area (TPSA) is 182 Å². The Kier molecular flexibility index (Phi) is 11.1. The average Bonchev–Trinajstić information content (AvgIpc) is 3.98. The van der Waals surface area contributed by atoms with E-state index < -0.39 is 68.2 Å². The maximum absolute atomic E-state index is 14.5. The number of oxime groups is 1. The van der Waals surface area contributed by atoms with Crippen molar-refractivity contribution in [1.29, 1.82) is 0 Å². The molecule has 1 heterocycles. The lowest BCUT2D eigenvalue weighted by molar-refractivity contribution is -0.143. The predicted octanol–water partition coefficient (Wildman–Crippen LogP) is 3.86. The molecule has 0 bridgehead atoms. The van der Waals surface area contributed by atoms with Gasteiger partial charge in [-0.15, -0.1) is 6.58 Å². The zero-order chi connectivity index (χ0) is 38.1. The molecule has 53 heavy (non-hydrogen) atoms. The van der Waals surface area contributed by atoms with Crippen LogP contribution in [0, 0.1) is 11.3 Å². The number of hydrogen-bond donors (Lipinski definition) is 3. The van der Waals surface area contributed by atoms with Gasteiger partial charge in [0.1, 0.15) is 35.6 Å². The number of nitrogens with one attached hydrogen (secondary N) is 3.